The lowest BCUT2D eigenvalue weighted by atomic mass is 9.94. The number of ether oxygens (including phenoxy) is 1. The van der Waals surface area contributed by atoms with Crippen LogP contribution in [0.25, 0.3) is 0 Å². The van der Waals surface area contributed by atoms with E-state index < -0.39 is 29.7 Å². The van der Waals surface area contributed by atoms with Crippen molar-refractivity contribution < 1.29 is 24.2 Å². The molecule has 216 valence electrons. The molecule has 0 aliphatic heterocycles. The number of phenols is 1. The molecule has 1 fully saturated rings. The van der Waals surface area contributed by atoms with Gasteiger partial charge in [0.25, 0.3) is 0 Å². The Kier molecular flexibility index (Phi) is 10.8. The van der Waals surface area contributed by atoms with Crippen LogP contribution in [-0.4, -0.2) is 52.1 Å². The molecular formula is C32H43N3O5. The Labute approximate surface area is 237 Å². The standard InChI is InChI=1S/C32H43N3O5/c1-6-20-35(30(38)26(21-23-15-9-7-10-16-23)34-31(39)40-32(3,4)5)27(25-19-13-14-22(2)28(25)36)29(37)33-24-17-11-8-12-18-24/h6-7,9-10,13-16,19,24,26-27,36H,1,8,11-12,17-18,20-21H2,2-5H3,(H,33,37)(H,34,39). The van der Waals surface area contributed by atoms with Crippen molar-refractivity contribution in [1.29, 1.82) is 0 Å². The van der Waals surface area contributed by atoms with Crippen molar-refractivity contribution in [3.8, 4) is 5.75 Å². The Bertz CT molecular complexity index is 1170. The number of aromatic hydroxyl groups is 1. The summed E-state index contributed by atoms with van der Waals surface area (Å²) in [6.45, 7) is 10.8. The van der Waals surface area contributed by atoms with Gasteiger partial charge in [0.15, 0.2) is 0 Å². The van der Waals surface area contributed by atoms with Crippen LogP contribution in [0.2, 0.25) is 0 Å². The fourth-order valence-corrected chi connectivity index (χ4v) is 5.04. The van der Waals surface area contributed by atoms with E-state index in [-0.39, 0.29) is 30.7 Å². The van der Waals surface area contributed by atoms with Crippen LogP contribution in [-0.2, 0) is 20.7 Å². The fraction of sp³-hybridized carbons (Fsp3) is 0.469. The average Bonchev–Trinajstić information content (AvgIpc) is 2.90. The number of nitrogens with one attached hydrogen (secondary N) is 2. The Morgan fingerprint density at radius 3 is 2.38 bits per heavy atom. The second kappa shape index (κ2) is 14.0. The van der Waals surface area contributed by atoms with Crippen molar-refractivity contribution in [3.05, 3.63) is 77.9 Å². The van der Waals surface area contributed by atoms with Gasteiger partial charge in [0.2, 0.25) is 11.8 Å². The van der Waals surface area contributed by atoms with Crippen molar-refractivity contribution in [2.45, 2.75) is 89.9 Å². The first kappa shape index (κ1) is 30.7. The summed E-state index contributed by atoms with van der Waals surface area (Å²) in [5.74, 6) is -0.911. The van der Waals surface area contributed by atoms with Gasteiger partial charge in [0.05, 0.1) is 0 Å². The molecule has 3 amide bonds. The summed E-state index contributed by atoms with van der Waals surface area (Å²) in [7, 11) is 0. The molecule has 0 saturated heterocycles. The maximum Gasteiger partial charge on any atom is 0.408 e. The molecule has 2 aromatic carbocycles. The summed E-state index contributed by atoms with van der Waals surface area (Å²) in [5.41, 5.74) is 0.976. The maximum absolute atomic E-state index is 14.3. The number of aryl methyl sites for hydroxylation is 1. The number of benzene rings is 2. The van der Waals surface area contributed by atoms with Crippen LogP contribution in [0.4, 0.5) is 4.79 Å². The third-order valence-corrected chi connectivity index (χ3v) is 6.96. The van der Waals surface area contributed by atoms with E-state index in [1.165, 1.54) is 4.90 Å². The molecule has 0 radical (unpaired) electrons. The number of rotatable bonds is 10. The van der Waals surface area contributed by atoms with E-state index in [4.69, 9.17) is 4.74 Å². The van der Waals surface area contributed by atoms with Crippen molar-refractivity contribution in [1.82, 2.24) is 15.5 Å². The number of para-hydroxylation sites is 1. The summed E-state index contributed by atoms with van der Waals surface area (Å²) >= 11 is 0. The monoisotopic (exact) mass is 549 g/mol. The third-order valence-electron chi connectivity index (χ3n) is 6.96. The third kappa shape index (κ3) is 8.60. The first-order chi connectivity index (χ1) is 19.0. The SMILES string of the molecule is C=CCN(C(=O)C(Cc1ccccc1)NC(=O)OC(C)(C)C)C(C(=O)NC1CCCCC1)c1cccc(C)c1O. The highest BCUT2D eigenvalue weighted by Crippen LogP contribution is 2.33. The zero-order valence-electron chi connectivity index (χ0n) is 24.1. The maximum atomic E-state index is 14.3. The summed E-state index contributed by atoms with van der Waals surface area (Å²) in [4.78, 5) is 42.4. The zero-order valence-corrected chi connectivity index (χ0v) is 24.1. The molecule has 2 aromatic rings. The quantitative estimate of drug-likeness (QED) is 0.347. The van der Waals surface area contributed by atoms with Gasteiger partial charge >= 0.3 is 6.09 Å². The van der Waals surface area contributed by atoms with Gasteiger partial charge in [0, 0.05) is 24.6 Å². The van der Waals surface area contributed by atoms with Crippen molar-refractivity contribution >= 4 is 17.9 Å². The first-order valence-electron chi connectivity index (χ1n) is 14.0. The van der Waals surface area contributed by atoms with Crippen LogP contribution in [0.3, 0.4) is 0 Å². The topological polar surface area (TPSA) is 108 Å². The molecule has 1 saturated carbocycles. The average molecular weight is 550 g/mol. The smallest absolute Gasteiger partial charge is 0.408 e. The number of hydrogen-bond acceptors (Lipinski definition) is 5. The molecular weight excluding hydrogens is 506 g/mol. The summed E-state index contributed by atoms with van der Waals surface area (Å²) in [6.07, 6.45) is 5.91. The lowest BCUT2D eigenvalue weighted by molar-refractivity contribution is -0.142. The van der Waals surface area contributed by atoms with Crippen molar-refractivity contribution in [2.24, 2.45) is 0 Å². The molecule has 2 unspecified atom stereocenters. The number of amides is 3. The number of hydrogen-bond donors (Lipinski definition) is 3. The van der Waals surface area contributed by atoms with Crippen LogP contribution < -0.4 is 10.6 Å². The number of phenolic OH excluding ortho intramolecular Hbond substituents is 1. The first-order valence-corrected chi connectivity index (χ1v) is 14.0. The largest absolute Gasteiger partial charge is 0.507 e. The predicted octanol–water partition coefficient (Wildman–Crippen LogP) is 5.34. The highest BCUT2D eigenvalue weighted by Gasteiger charge is 2.38. The highest BCUT2D eigenvalue weighted by atomic mass is 16.6. The van der Waals surface area contributed by atoms with Gasteiger partial charge < -0.3 is 25.4 Å². The van der Waals surface area contributed by atoms with Gasteiger partial charge in [-0.15, -0.1) is 6.58 Å². The normalized spacial score (nSPS) is 15.4. The minimum Gasteiger partial charge on any atom is -0.507 e. The molecule has 0 heterocycles. The Hall–Kier alpha value is -3.81. The van der Waals surface area contributed by atoms with E-state index in [0.29, 0.717) is 11.1 Å². The van der Waals surface area contributed by atoms with Gasteiger partial charge in [-0.1, -0.05) is 73.9 Å². The van der Waals surface area contributed by atoms with Crippen LogP contribution in [0.15, 0.2) is 61.2 Å². The van der Waals surface area contributed by atoms with E-state index in [0.717, 1.165) is 37.7 Å². The van der Waals surface area contributed by atoms with Gasteiger partial charge in [0.1, 0.15) is 23.4 Å². The molecule has 40 heavy (non-hydrogen) atoms. The molecule has 1 aliphatic rings. The molecule has 8 heteroatoms. The van der Waals surface area contributed by atoms with Gasteiger partial charge in [-0.25, -0.2) is 4.79 Å². The Morgan fingerprint density at radius 1 is 1.07 bits per heavy atom. The van der Waals surface area contributed by atoms with Crippen LogP contribution >= 0.6 is 0 Å². The zero-order chi connectivity index (χ0) is 29.3. The van der Waals surface area contributed by atoms with Gasteiger partial charge in [-0.2, -0.15) is 0 Å². The number of alkyl carbamates (subject to hydrolysis) is 1. The van der Waals surface area contributed by atoms with E-state index >= 15 is 0 Å². The number of carbonyl (C=O) groups is 3. The van der Waals surface area contributed by atoms with Gasteiger partial charge in [-0.05, 0) is 51.7 Å². The Morgan fingerprint density at radius 2 is 1.75 bits per heavy atom. The number of nitrogens with zero attached hydrogens (tertiary/aromatic N) is 1. The molecule has 1 aliphatic carbocycles. The van der Waals surface area contributed by atoms with Crippen molar-refractivity contribution in [3.63, 3.8) is 0 Å². The molecule has 8 nitrogen and oxygen atoms in total. The molecule has 2 atom stereocenters. The minimum atomic E-state index is -1.13. The van der Waals surface area contributed by atoms with Crippen LogP contribution in [0.5, 0.6) is 5.75 Å². The molecule has 0 bridgehead atoms. The van der Waals surface area contributed by atoms with E-state index in [9.17, 15) is 19.5 Å². The lowest BCUT2D eigenvalue weighted by Crippen LogP contribution is -2.54. The molecule has 0 aromatic heterocycles. The summed E-state index contributed by atoms with van der Waals surface area (Å²) in [5, 5.41) is 16.9. The summed E-state index contributed by atoms with van der Waals surface area (Å²) < 4.78 is 5.46. The molecule has 0 spiro atoms. The van der Waals surface area contributed by atoms with E-state index in [2.05, 4.69) is 17.2 Å². The minimum absolute atomic E-state index is 0.00334. The van der Waals surface area contributed by atoms with E-state index in [1.54, 1.807) is 52.0 Å². The number of carbonyl (C=O) groups excluding carboxylic acids is 3. The molecule has 3 N–H and O–H groups in total. The highest BCUT2D eigenvalue weighted by molar-refractivity contribution is 5.93. The second-order valence-electron chi connectivity index (χ2n) is 11.4. The Balaban J connectivity index is 2.02. The van der Waals surface area contributed by atoms with Crippen molar-refractivity contribution in [2.75, 3.05) is 6.54 Å². The lowest BCUT2D eigenvalue weighted by Gasteiger charge is -2.35. The summed E-state index contributed by atoms with van der Waals surface area (Å²) in [6, 6.07) is 12.3. The second-order valence-corrected chi connectivity index (χ2v) is 11.4. The fourth-order valence-electron chi connectivity index (χ4n) is 5.04. The van der Waals surface area contributed by atoms with E-state index in [1.807, 2.05) is 30.3 Å². The van der Waals surface area contributed by atoms with Crippen LogP contribution in [0.1, 0.15) is 75.6 Å². The molecule has 3 rings (SSSR count). The van der Waals surface area contributed by atoms with Gasteiger partial charge in [-0.3, -0.25) is 9.59 Å². The predicted molar refractivity (Wildman–Crippen MR) is 156 cm³/mol. The van der Waals surface area contributed by atoms with Crippen LogP contribution in [0, 0.1) is 6.92 Å².